The topological polar surface area (TPSA) is 79.4 Å². The number of benzene rings is 2. The van der Waals surface area contributed by atoms with Crippen molar-refractivity contribution < 1.29 is 13.2 Å². The number of nitrogens with one attached hydrogen (secondary N) is 1. The summed E-state index contributed by atoms with van der Waals surface area (Å²) >= 11 is 14.0. The van der Waals surface area contributed by atoms with E-state index in [1.54, 1.807) is 12.1 Å². The molecule has 10 heteroatoms. The molecule has 0 aliphatic carbocycles. The molecule has 0 aliphatic heterocycles. The summed E-state index contributed by atoms with van der Waals surface area (Å²) in [5.41, 5.74) is 2.05. The monoisotopic (exact) mass is 469 g/mol. The minimum atomic E-state index is -3.47. The highest BCUT2D eigenvalue weighted by atomic mass is 35.5. The van der Waals surface area contributed by atoms with Gasteiger partial charge in [-0.25, -0.2) is 13.4 Å². The number of likely N-dealkylation sites (N-methyl/N-ethyl adjacent to an activating group) is 1. The van der Waals surface area contributed by atoms with E-state index in [1.165, 1.54) is 18.4 Å². The fourth-order valence-electron chi connectivity index (χ4n) is 2.52. The Kier molecular flexibility index (Phi) is 6.60. The molecular formula is C19H17Cl2N3O3S2. The molecule has 29 heavy (non-hydrogen) atoms. The van der Waals surface area contributed by atoms with E-state index in [2.05, 4.69) is 10.3 Å². The van der Waals surface area contributed by atoms with Crippen molar-refractivity contribution in [3.05, 3.63) is 58.6 Å². The summed E-state index contributed by atoms with van der Waals surface area (Å²) in [4.78, 5) is 17.6. The highest BCUT2D eigenvalue weighted by Gasteiger charge is 2.21. The Hall–Kier alpha value is -1.97. The Labute approximate surface area is 183 Å². The molecule has 1 N–H and O–H groups in total. The lowest BCUT2D eigenvalue weighted by molar-refractivity contribution is -0.116. The van der Waals surface area contributed by atoms with Crippen molar-refractivity contribution in [2.45, 2.75) is 0 Å². The molecule has 0 fully saturated rings. The first kappa shape index (κ1) is 21.7. The van der Waals surface area contributed by atoms with Gasteiger partial charge in [0.1, 0.15) is 0 Å². The van der Waals surface area contributed by atoms with Crippen molar-refractivity contribution in [2.24, 2.45) is 0 Å². The number of nitrogens with zero attached hydrogens (tertiary/aromatic N) is 2. The Bertz CT molecular complexity index is 1100. The van der Waals surface area contributed by atoms with Gasteiger partial charge < -0.3 is 5.32 Å². The van der Waals surface area contributed by atoms with Crippen LogP contribution in [0.3, 0.4) is 0 Å². The lowest BCUT2D eigenvalue weighted by Gasteiger charge is -2.12. The van der Waals surface area contributed by atoms with Crippen molar-refractivity contribution in [3.8, 4) is 21.7 Å². The largest absolute Gasteiger partial charge is 0.301 e. The second-order valence-corrected chi connectivity index (χ2v) is 10.1. The van der Waals surface area contributed by atoms with Crippen molar-refractivity contribution in [1.29, 1.82) is 0 Å². The molecule has 152 valence electrons. The average molecular weight is 470 g/mol. The van der Waals surface area contributed by atoms with Crippen LogP contribution < -0.4 is 5.32 Å². The molecule has 0 saturated heterocycles. The maximum atomic E-state index is 12.3. The molecule has 6 nitrogen and oxygen atoms in total. The quantitative estimate of drug-likeness (QED) is 0.571. The highest BCUT2D eigenvalue weighted by Crippen LogP contribution is 2.43. The highest BCUT2D eigenvalue weighted by molar-refractivity contribution is 7.88. The third-order valence-corrected chi connectivity index (χ3v) is 6.98. The van der Waals surface area contributed by atoms with Crippen LogP contribution >= 0.6 is 34.5 Å². The third-order valence-electron chi connectivity index (χ3n) is 4.05. The molecule has 3 rings (SSSR count). The number of halogens is 2. The van der Waals surface area contributed by atoms with Crippen LogP contribution in [-0.2, 0) is 14.8 Å². The first-order valence-electron chi connectivity index (χ1n) is 8.38. The van der Waals surface area contributed by atoms with E-state index in [9.17, 15) is 13.2 Å². The SMILES string of the molecule is CN(CC(=O)Nc1nc(-c2ccccc2Cl)c(-c2ccccc2Cl)s1)S(C)(=O)=O. The van der Waals surface area contributed by atoms with Crippen molar-refractivity contribution in [2.75, 3.05) is 25.2 Å². The zero-order valence-electron chi connectivity index (χ0n) is 15.5. The Balaban J connectivity index is 2.01. The van der Waals surface area contributed by atoms with Gasteiger partial charge in [0.2, 0.25) is 15.9 Å². The summed E-state index contributed by atoms with van der Waals surface area (Å²) in [6.45, 7) is -0.318. The van der Waals surface area contributed by atoms with Gasteiger partial charge in [-0.3, -0.25) is 4.79 Å². The predicted molar refractivity (Wildman–Crippen MR) is 119 cm³/mol. The molecule has 1 heterocycles. The zero-order chi connectivity index (χ0) is 21.2. The fourth-order valence-corrected chi connectivity index (χ4v) is 4.41. The zero-order valence-corrected chi connectivity index (χ0v) is 18.7. The van der Waals surface area contributed by atoms with Gasteiger partial charge in [-0.05, 0) is 12.1 Å². The number of sulfonamides is 1. The number of rotatable bonds is 6. The van der Waals surface area contributed by atoms with Gasteiger partial charge in [0, 0.05) is 23.2 Å². The van der Waals surface area contributed by atoms with Crippen molar-refractivity contribution in [3.63, 3.8) is 0 Å². The second kappa shape index (κ2) is 8.81. The molecule has 0 radical (unpaired) electrons. The smallest absolute Gasteiger partial charge is 0.241 e. The van der Waals surface area contributed by atoms with Crippen LogP contribution in [0.2, 0.25) is 10.0 Å². The fraction of sp³-hybridized carbons (Fsp3) is 0.158. The molecule has 0 aliphatic rings. The number of aromatic nitrogens is 1. The molecule has 0 saturated carbocycles. The Morgan fingerprint density at radius 2 is 1.62 bits per heavy atom. The number of carbonyl (C=O) groups excluding carboxylic acids is 1. The molecule has 2 aromatic carbocycles. The maximum Gasteiger partial charge on any atom is 0.241 e. The number of anilines is 1. The van der Waals surface area contributed by atoms with Crippen LogP contribution in [0, 0.1) is 0 Å². The summed E-state index contributed by atoms with van der Waals surface area (Å²) in [7, 11) is -2.14. The number of carbonyl (C=O) groups is 1. The maximum absolute atomic E-state index is 12.3. The van der Waals surface area contributed by atoms with E-state index < -0.39 is 15.9 Å². The van der Waals surface area contributed by atoms with Gasteiger partial charge in [-0.15, -0.1) is 0 Å². The van der Waals surface area contributed by atoms with Gasteiger partial charge in [0.25, 0.3) is 0 Å². The van der Waals surface area contributed by atoms with Crippen LogP contribution in [0.15, 0.2) is 48.5 Å². The molecule has 0 unspecified atom stereocenters. The van der Waals surface area contributed by atoms with Gasteiger partial charge in [0.15, 0.2) is 5.13 Å². The molecule has 0 spiro atoms. The molecule has 1 amide bonds. The lowest BCUT2D eigenvalue weighted by atomic mass is 10.1. The standard InChI is InChI=1S/C19H17Cl2N3O3S2/c1-24(29(2,26)27)11-16(25)22-19-23-17(12-7-3-5-9-14(12)20)18(28-19)13-8-4-6-10-15(13)21/h3-10H,11H2,1-2H3,(H,22,23,25). The number of amides is 1. The van der Waals surface area contributed by atoms with Crippen LogP contribution in [0.5, 0.6) is 0 Å². The molecule has 0 bridgehead atoms. The lowest BCUT2D eigenvalue weighted by Crippen LogP contribution is -2.34. The van der Waals surface area contributed by atoms with Crippen LogP contribution in [0.4, 0.5) is 5.13 Å². The van der Waals surface area contributed by atoms with Crippen LogP contribution in [0.25, 0.3) is 21.7 Å². The number of hydrogen-bond donors (Lipinski definition) is 1. The summed E-state index contributed by atoms with van der Waals surface area (Å²) in [5, 5.41) is 4.04. The molecule has 0 atom stereocenters. The summed E-state index contributed by atoms with van der Waals surface area (Å²) < 4.78 is 24.0. The van der Waals surface area contributed by atoms with E-state index in [4.69, 9.17) is 23.2 Å². The predicted octanol–water partition coefficient (Wildman–Crippen LogP) is 4.61. The second-order valence-electron chi connectivity index (χ2n) is 6.22. The van der Waals surface area contributed by atoms with E-state index in [0.29, 0.717) is 26.4 Å². The first-order chi connectivity index (χ1) is 13.7. The molecular weight excluding hydrogens is 453 g/mol. The van der Waals surface area contributed by atoms with Crippen molar-refractivity contribution >= 4 is 55.6 Å². The minimum absolute atomic E-state index is 0.318. The van der Waals surface area contributed by atoms with E-state index in [1.807, 2.05) is 36.4 Å². The van der Waals surface area contributed by atoms with Gasteiger partial charge >= 0.3 is 0 Å². The Morgan fingerprint density at radius 3 is 2.17 bits per heavy atom. The molecule has 1 aromatic heterocycles. The van der Waals surface area contributed by atoms with Crippen LogP contribution in [-0.4, -0.2) is 43.5 Å². The van der Waals surface area contributed by atoms with Gasteiger partial charge in [0.05, 0.1) is 28.4 Å². The number of hydrogen-bond acceptors (Lipinski definition) is 5. The van der Waals surface area contributed by atoms with Crippen molar-refractivity contribution in [1.82, 2.24) is 9.29 Å². The average Bonchev–Trinajstić information content (AvgIpc) is 3.04. The third kappa shape index (κ3) is 5.15. The Morgan fingerprint density at radius 1 is 1.07 bits per heavy atom. The molecule has 3 aromatic rings. The summed E-state index contributed by atoms with van der Waals surface area (Å²) in [6, 6.07) is 14.6. The van der Waals surface area contributed by atoms with Gasteiger partial charge in [-0.1, -0.05) is 70.9 Å². The van der Waals surface area contributed by atoms with Gasteiger partial charge in [-0.2, -0.15) is 4.31 Å². The minimum Gasteiger partial charge on any atom is -0.301 e. The summed E-state index contributed by atoms with van der Waals surface area (Å²) in [6.07, 6.45) is 1.04. The first-order valence-corrected chi connectivity index (χ1v) is 11.8. The van der Waals surface area contributed by atoms with E-state index in [-0.39, 0.29) is 6.54 Å². The van der Waals surface area contributed by atoms with E-state index >= 15 is 0 Å². The van der Waals surface area contributed by atoms with E-state index in [0.717, 1.165) is 21.0 Å². The number of thiazole rings is 1. The summed E-state index contributed by atoms with van der Waals surface area (Å²) in [5.74, 6) is -0.497. The normalized spacial score (nSPS) is 11.6. The van der Waals surface area contributed by atoms with Crippen LogP contribution in [0.1, 0.15) is 0 Å².